The van der Waals surface area contributed by atoms with E-state index in [1.54, 1.807) is 18.3 Å². The molecule has 0 bridgehead atoms. The summed E-state index contributed by atoms with van der Waals surface area (Å²) in [4.78, 5) is 31.3. The number of nitrogens with zero attached hydrogens (tertiary/aromatic N) is 2. The molecule has 3 rings (SSSR count). The van der Waals surface area contributed by atoms with Crippen LogP contribution in [0.1, 0.15) is 11.3 Å². The van der Waals surface area contributed by atoms with Crippen molar-refractivity contribution in [2.45, 2.75) is 6.54 Å². The second kappa shape index (κ2) is 7.42. The highest BCUT2D eigenvalue weighted by molar-refractivity contribution is 8.04. The monoisotopic (exact) mass is 340 g/mol. The predicted molar refractivity (Wildman–Crippen MR) is 92.7 cm³/mol. The third-order valence-electron chi connectivity index (χ3n) is 3.57. The first-order valence-electron chi connectivity index (χ1n) is 7.52. The lowest BCUT2D eigenvalue weighted by atomic mass is 10.1. The molecule has 1 aromatic heterocycles. The number of carbonyl (C=O) groups is 2. The first kappa shape index (κ1) is 16.4. The van der Waals surface area contributed by atoms with Crippen LogP contribution in [0, 0.1) is 0 Å². The molecule has 6 heteroatoms. The van der Waals surface area contributed by atoms with Gasteiger partial charge in [0.25, 0.3) is 11.8 Å². The van der Waals surface area contributed by atoms with Crippen LogP contribution in [-0.4, -0.2) is 39.2 Å². The number of benzene rings is 1. The van der Waals surface area contributed by atoms with Gasteiger partial charge >= 0.3 is 0 Å². The average Bonchev–Trinajstić information content (AvgIpc) is 2.86. The van der Waals surface area contributed by atoms with Gasteiger partial charge in [-0.15, -0.1) is 11.8 Å². The highest BCUT2D eigenvalue weighted by atomic mass is 32.2. The summed E-state index contributed by atoms with van der Waals surface area (Å²) in [5, 5.41) is 9.07. The number of hydrogen-bond donors (Lipinski definition) is 1. The standard InChI is InChI=1S/C18H16N2O3S/c21-10-11-24-16-15(13-6-2-1-3-7-13)17(22)20(18(16)23)12-14-8-4-5-9-19-14/h1-9,21H,10-12H2. The van der Waals surface area contributed by atoms with Gasteiger partial charge in [-0.3, -0.25) is 19.5 Å². The van der Waals surface area contributed by atoms with E-state index in [9.17, 15) is 9.59 Å². The van der Waals surface area contributed by atoms with E-state index in [2.05, 4.69) is 4.98 Å². The van der Waals surface area contributed by atoms with Crippen LogP contribution in [0.4, 0.5) is 0 Å². The molecule has 122 valence electrons. The van der Waals surface area contributed by atoms with E-state index in [1.165, 1.54) is 16.7 Å². The SMILES string of the molecule is O=C1C(SCCO)=C(c2ccccc2)C(=O)N1Cc1ccccn1. The van der Waals surface area contributed by atoms with Crippen molar-refractivity contribution in [2.75, 3.05) is 12.4 Å². The summed E-state index contributed by atoms with van der Waals surface area (Å²) in [7, 11) is 0. The first-order chi connectivity index (χ1) is 11.7. The van der Waals surface area contributed by atoms with Crippen molar-refractivity contribution in [3.8, 4) is 0 Å². The van der Waals surface area contributed by atoms with E-state index in [0.29, 0.717) is 27.5 Å². The van der Waals surface area contributed by atoms with Gasteiger partial charge in [-0.05, 0) is 17.7 Å². The summed E-state index contributed by atoms with van der Waals surface area (Å²) in [6.45, 7) is 0.0793. The molecule has 0 fully saturated rings. The summed E-state index contributed by atoms with van der Waals surface area (Å²) in [6, 6.07) is 14.5. The molecule has 2 heterocycles. The van der Waals surface area contributed by atoms with Crippen molar-refractivity contribution in [1.82, 2.24) is 9.88 Å². The molecule has 1 aliphatic rings. The maximum Gasteiger partial charge on any atom is 0.268 e. The molecule has 0 saturated heterocycles. The lowest BCUT2D eigenvalue weighted by Gasteiger charge is -2.14. The second-order valence-corrected chi connectivity index (χ2v) is 6.26. The van der Waals surface area contributed by atoms with Gasteiger partial charge in [-0.1, -0.05) is 36.4 Å². The van der Waals surface area contributed by atoms with Crippen molar-refractivity contribution in [1.29, 1.82) is 0 Å². The average molecular weight is 340 g/mol. The van der Waals surface area contributed by atoms with E-state index < -0.39 is 0 Å². The van der Waals surface area contributed by atoms with E-state index in [-0.39, 0.29) is 25.0 Å². The van der Waals surface area contributed by atoms with Crippen molar-refractivity contribution in [2.24, 2.45) is 0 Å². The first-order valence-corrected chi connectivity index (χ1v) is 8.50. The number of rotatable bonds is 6. The lowest BCUT2D eigenvalue weighted by Crippen LogP contribution is -2.31. The molecule has 2 aromatic rings. The molecule has 0 saturated carbocycles. The highest BCUT2D eigenvalue weighted by Crippen LogP contribution is 2.36. The van der Waals surface area contributed by atoms with Crippen molar-refractivity contribution in [3.05, 3.63) is 70.9 Å². The Morgan fingerprint density at radius 2 is 1.75 bits per heavy atom. The van der Waals surface area contributed by atoms with E-state index in [1.807, 2.05) is 36.4 Å². The zero-order valence-electron chi connectivity index (χ0n) is 12.9. The van der Waals surface area contributed by atoms with Crippen LogP contribution in [0.15, 0.2) is 59.6 Å². The van der Waals surface area contributed by atoms with Crippen LogP contribution in [0.5, 0.6) is 0 Å². The Kier molecular flexibility index (Phi) is 5.08. The van der Waals surface area contributed by atoms with Crippen molar-refractivity contribution >= 4 is 29.1 Å². The molecule has 0 aliphatic carbocycles. The van der Waals surface area contributed by atoms with Crippen LogP contribution >= 0.6 is 11.8 Å². The maximum absolute atomic E-state index is 12.8. The summed E-state index contributed by atoms with van der Waals surface area (Å²) in [5.41, 5.74) is 1.76. The van der Waals surface area contributed by atoms with Crippen molar-refractivity contribution < 1.29 is 14.7 Å². The molecular weight excluding hydrogens is 324 g/mol. The fourth-order valence-electron chi connectivity index (χ4n) is 2.49. The van der Waals surface area contributed by atoms with E-state index >= 15 is 0 Å². The molecule has 0 atom stereocenters. The zero-order chi connectivity index (χ0) is 16.9. The fourth-order valence-corrected chi connectivity index (χ4v) is 3.37. The summed E-state index contributed by atoms with van der Waals surface area (Å²) >= 11 is 1.21. The Balaban J connectivity index is 1.95. The number of hydrogen-bond acceptors (Lipinski definition) is 5. The normalized spacial score (nSPS) is 14.6. The van der Waals surface area contributed by atoms with Gasteiger partial charge in [0.1, 0.15) is 0 Å². The molecule has 5 nitrogen and oxygen atoms in total. The Labute approximate surface area is 144 Å². The Hall–Kier alpha value is -2.44. The summed E-state index contributed by atoms with van der Waals surface area (Å²) in [6.07, 6.45) is 1.63. The third kappa shape index (κ3) is 3.25. The molecule has 1 N–H and O–H groups in total. The second-order valence-electron chi connectivity index (χ2n) is 5.16. The van der Waals surface area contributed by atoms with Gasteiger partial charge in [0.15, 0.2) is 0 Å². The number of aromatic nitrogens is 1. The number of carbonyl (C=O) groups excluding carboxylic acids is 2. The molecular formula is C18H16N2O3S. The Bertz CT molecular complexity index is 775. The van der Waals surface area contributed by atoms with Gasteiger partial charge in [0, 0.05) is 11.9 Å². The quantitative estimate of drug-likeness (QED) is 0.816. The molecule has 0 radical (unpaired) electrons. The lowest BCUT2D eigenvalue weighted by molar-refractivity contribution is -0.137. The van der Waals surface area contributed by atoms with Gasteiger partial charge in [0.2, 0.25) is 0 Å². The van der Waals surface area contributed by atoms with Gasteiger partial charge in [0.05, 0.1) is 29.3 Å². The van der Waals surface area contributed by atoms with Gasteiger partial charge in [-0.25, -0.2) is 0 Å². The highest BCUT2D eigenvalue weighted by Gasteiger charge is 2.39. The Morgan fingerprint density at radius 3 is 2.42 bits per heavy atom. The number of pyridine rings is 1. The summed E-state index contributed by atoms with van der Waals surface area (Å²) < 4.78 is 0. The summed E-state index contributed by atoms with van der Waals surface area (Å²) in [5.74, 6) is -0.289. The van der Waals surface area contributed by atoms with Crippen LogP contribution in [0.2, 0.25) is 0 Å². The minimum atomic E-state index is -0.331. The number of thioether (sulfide) groups is 1. The van der Waals surface area contributed by atoms with Crippen LogP contribution in [0.25, 0.3) is 5.57 Å². The maximum atomic E-state index is 12.8. The van der Waals surface area contributed by atoms with Crippen LogP contribution in [0.3, 0.4) is 0 Å². The smallest absolute Gasteiger partial charge is 0.268 e. The Morgan fingerprint density at radius 1 is 1.00 bits per heavy atom. The number of aliphatic hydroxyl groups excluding tert-OH is 1. The third-order valence-corrected chi connectivity index (χ3v) is 4.63. The molecule has 1 aromatic carbocycles. The number of amides is 2. The molecule has 0 unspecified atom stereocenters. The number of imide groups is 1. The minimum absolute atomic E-state index is 0.0576. The van der Waals surface area contributed by atoms with Gasteiger partial charge in [-0.2, -0.15) is 0 Å². The zero-order valence-corrected chi connectivity index (χ0v) is 13.7. The molecule has 0 spiro atoms. The van der Waals surface area contributed by atoms with E-state index in [4.69, 9.17) is 5.11 Å². The molecule has 24 heavy (non-hydrogen) atoms. The largest absolute Gasteiger partial charge is 0.396 e. The van der Waals surface area contributed by atoms with Crippen LogP contribution in [-0.2, 0) is 16.1 Å². The van der Waals surface area contributed by atoms with Crippen molar-refractivity contribution in [3.63, 3.8) is 0 Å². The topological polar surface area (TPSA) is 70.5 Å². The number of aliphatic hydroxyl groups is 1. The van der Waals surface area contributed by atoms with Gasteiger partial charge < -0.3 is 5.11 Å². The minimum Gasteiger partial charge on any atom is -0.396 e. The molecule has 2 amide bonds. The van der Waals surface area contributed by atoms with E-state index in [0.717, 1.165) is 0 Å². The van der Waals surface area contributed by atoms with Crippen LogP contribution < -0.4 is 0 Å². The molecule has 1 aliphatic heterocycles. The predicted octanol–water partition coefficient (Wildman–Crippen LogP) is 2.09. The fraction of sp³-hybridized carbons (Fsp3) is 0.167.